The van der Waals surface area contributed by atoms with Crippen LogP contribution in [-0.4, -0.2) is 35.5 Å². The van der Waals surface area contributed by atoms with Crippen LogP contribution in [0.2, 0.25) is 0 Å². The van der Waals surface area contributed by atoms with Gasteiger partial charge in [-0.05, 0) is 72.5 Å². The Hall–Kier alpha value is -1.56. The molecule has 0 radical (unpaired) electrons. The van der Waals surface area contributed by atoms with Crippen molar-refractivity contribution in [2.45, 2.75) is 112 Å². The Labute approximate surface area is 210 Å². The number of carbonyl (C=O) groups is 2. The van der Waals surface area contributed by atoms with Crippen molar-refractivity contribution in [2.75, 3.05) is 0 Å². The monoisotopic (exact) mass is 488 g/mol. The third-order valence-electron chi connectivity index (χ3n) is 11.6. The van der Waals surface area contributed by atoms with Crippen LogP contribution in [0.4, 0.5) is 0 Å². The maximum absolute atomic E-state index is 12.1. The SMILES string of the molecule is CC(=O)O[C@@H]1OC=C2[C@@H](OC(C)=O)CC3[C@]4(C)CCC5C(C)(C)CCC[C@]5(C)C4C[C@@H](O)[C@]3(C)[C@H]21. The van der Waals surface area contributed by atoms with Gasteiger partial charge in [0.15, 0.2) is 0 Å². The third kappa shape index (κ3) is 3.44. The molecule has 4 aliphatic carbocycles. The van der Waals surface area contributed by atoms with Gasteiger partial charge in [-0.1, -0.05) is 41.0 Å². The fraction of sp³-hybridized carbons (Fsp3) is 0.862. The van der Waals surface area contributed by atoms with E-state index in [9.17, 15) is 14.7 Å². The molecule has 196 valence electrons. The first-order chi connectivity index (χ1) is 16.2. The van der Waals surface area contributed by atoms with E-state index in [1.54, 1.807) is 6.26 Å². The molecule has 0 saturated heterocycles. The first-order valence-electron chi connectivity index (χ1n) is 13.6. The van der Waals surface area contributed by atoms with E-state index in [2.05, 4.69) is 34.6 Å². The highest BCUT2D eigenvalue weighted by molar-refractivity contribution is 5.67. The standard InChI is InChI=1S/C29H44O6/c1-16(30)34-19-13-22-28(6)12-9-20-26(3,4)10-8-11-27(20,5)21(28)14-23(32)29(22,7)24-18(19)15-33-25(24)35-17(2)31/h15,19-25,32H,8-14H2,1-7H3/t19-,20?,21?,22?,23+,24+,25-,27-,28+,29+/m0/s1. The van der Waals surface area contributed by atoms with Crippen LogP contribution in [0.1, 0.15) is 93.4 Å². The number of carbonyl (C=O) groups excluding carboxylic acids is 2. The van der Waals surface area contributed by atoms with E-state index in [4.69, 9.17) is 14.2 Å². The van der Waals surface area contributed by atoms with Crippen molar-refractivity contribution < 1.29 is 28.9 Å². The molecule has 35 heavy (non-hydrogen) atoms. The summed E-state index contributed by atoms with van der Waals surface area (Å²) in [6.45, 7) is 14.8. The summed E-state index contributed by atoms with van der Waals surface area (Å²) < 4.78 is 17.4. The van der Waals surface area contributed by atoms with E-state index in [1.807, 2.05) is 0 Å². The maximum Gasteiger partial charge on any atom is 0.305 e. The van der Waals surface area contributed by atoms with Gasteiger partial charge in [0.25, 0.3) is 6.29 Å². The number of esters is 2. The Bertz CT molecular complexity index is 939. The van der Waals surface area contributed by atoms with E-state index < -0.39 is 29.9 Å². The second-order valence-electron chi connectivity index (χ2n) is 13.7. The minimum Gasteiger partial charge on any atom is -0.462 e. The summed E-state index contributed by atoms with van der Waals surface area (Å²) in [4.78, 5) is 24.1. The molecule has 3 unspecified atom stereocenters. The average Bonchev–Trinajstić information content (AvgIpc) is 3.15. The number of ether oxygens (including phenoxy) is 3. The van der Waals surface area contributed by atoms with Crippen LogP contribution in [0.5, 0.6) is 0 Å². The second-order valence-corrected chi connectivity index (χ2v) is 13.7. The van der Waals surface area contributed by atoms with Gasteiger partial charge in [0.05, 0.1) is 18.3 Å². The van der Waals surface area contributed by atoms with Crippen LogP contribution in [-0.2, 0) is 23.8 Å². The number of rotatable bonds is 2. The molecule has 1 aliphatic heterocycles. The Kier molecular flexibility index (Phi) is 5.71. The van der Waals surface area contributed by atoms with Crippen LogP contribution in [0, 0.1) is 45.3 Å². The zero-order chi connectivity index (χ0) is 25.6. The van der Waals surface area contributed by atoms with Crippen molar-refractivity contribution in [2.24, 2.45) is 45.3 Å². The lowest BCUT2D eigenvalue weighted by atomic mass is 9.34. The van der Waals surface area contributed by atoms with Gasteiger partial charge in [-0.25, -0.2) is 0 Å². The quantitative estimate of drug-likeness (QED) is 0.526. The summed E-state index contributed by atoms with van der Waals surface area (Å²) in [6, 6.07) is 0. The lowest BCUT2D eigenvalue weighted by molar-refractivity contribution is -0.262. The highest BCUT2D eigenvalue weighted by atomic mass is 16.7. The van der Waals surface area contributed by atoms with Crippen molar-refractivity contribution in [1.82, 2.24) is 0 Å². The fourth-order valence-corrected chi connectivity index (χ4v) is 10.3. The molecule has 0 spiro atoms. The highest BCUT2D eigenvalue weighted by Gasteiger charge is 2.71. The first-order valence-corrected chi connectivity index (χ1v) is 13.6. The van der Waals surface area contributed by atoms with Crippen LogP contribution in [0.25, 0.3) is 0 Å². The number of hydrogen-bond acceptors (Lipinski definition) is 6. The van der Waals surface area contributed by atoms with Crippen molar-refractivity contribution in [1.29, 1.82) is 0 Å². The summed E-state index contributed by atoms with van der Waals surface area (Å²) in [5.74, 6) is 0.0707. The summed E-state index contributed by atoms with van der Waals surface area (Å²) in [5.41, 5.74) is 0.760. The van der Waals surface area contributed by atoms with E-state index in [-0.39, 0.29) is 28.6 Å². The molecule has 5 rings (SSSR count). The Morgan fingerprint density at radius 2 is 1.57 bits per heavy atom. The Balaban J connectivity index is 1.59. The molecule has 1 N–H and O–H groups in total. The fourth-order valence-electron chi connectivity index (χ4n) is 10.3. The van der Waals surface area contributed by atoms with Crippen LogP contribution >= 0.6 is 0 Å². The molecule has 0 bridgehead atoms. The molecule has 10 atom stereocenters. The largest absolute Gasteiger partial charge is 0.462 e. The highest BCUT2D eigenvalue weighted by Crippen LogP contribution is 2.74. The van der Waals surface area contributed by atoms with Gasteiger partial charge in [-0.15, -0.1) is 0 Å². The third-order valence-corrected chi connectivity index (χ3v) is 11.6. The molecular formula is C29H44O6. The van der Waals surface area contributed by atoms with Crippen molar-refractivity contribution in [3.63, 3.8) is 0 Å². The van der Waals surface area contributed by atoms with E-state index in [1.165, 1.54) is 39.5 Å². The van der Waals surface area contributed by atoms with Crippen LogP contribution in [0.15, 0.2) is 11.8 Å². The summed E-state index contributed by atoms with van der Waals surface area (Å²) in [5, 5.41) is 12.0. The molecular weight excluding hydrogens is 444 g/mol. The number of aliphatic hydroxyl groups excluding tert-OH is 1. The Morgan fingerprint density at radius 1 is 0.914 bits per heavy atom. The smallest absolute Gasteiger partial charge is 0.305 e. The van der Waals surface area contributed by atoms with Gasteiger partial charge in [0, 0.05) is 24.8 Å². The topological polar surface area (TPSA) is 82.1 Å². The number of fused-ring (bicyclic) bond motifs is 7. The number of hydrogen-bond donors (Lipinski definition) is 1. The molecule has 4 saturated carbocycles. The van der Waals surface area contributed by atoms with Gasteiger partial charge in [0.1, 0.15) is 6.10 Å². The maximum atomic E-state index is 12.1. The molecule has 0 aromatic rings. The lowest BCUT2D eigenvalue weighted by Crippen LogP contribution is -2.68. The normalized spacial score (nSPS) is 49.8. The van der Waals surface area contributed by atoms with Crippen LogP contribution < -0.4 is 0 Å². The zero-order valence-corrected chi connectivity index (χ0v) is 22.6. The van der Waals surface area contributed by atoms with Crippen molar-refractivity contribution >= 4 is 11.9 Å². The molecule has 6 nitrogen and oxygen atoms in total. The Morgan fingerprint density at radius 3 is 2.23 bits per heavy atom. The van der Waals surface area contributed by atoms with Gasteiger partial charge < -0.3 is 19.3 Å². The molecule has 4 fully saturated rings. The number of aliphatic hydroxyl groups is 1. The molecule has 6 heteroatoms. The van der Waals surface area contributed by atoms with Gasteiger partial charge in [-0.2, -0.15) is 0 Å². The summed E-state index contributed by atoms with van der Waals surface area (Å²) in [6.07, 6.45) is 7.26. The van der Waals surface area contributed by atoms with Crippen LogP contribution in [0.3, 0.4) is 0 Å². The minimum absolute atomic E-state index is 0.0139. The predicted molar refractivity (Wildman–Crippen MR) is 131 cm³/mol. The summed E-state index contributed by atoms with van der Waals surface area (Å²) >= 11 is 0. The van der Waals surface area contributed by atoms with E-state index in [0.717, 1.165) is 18.4 Å². The predicted octanol–water partition coefficient (Wildman–Crippen LogP) is 5.38. The van der Waals surface area contributed by atoms with E-state index >= 15 is 0 Å². The van der Waals surface area contributed by atoms with E-state index in [0.29, 0.717) is 23.7 Å². The lowest BCUT2D eigenvalue weighted by Gasteiger charge is -2.71. The van der Waals surface area contributed by atoms with Crippen molar-refractivity contribution in [3.05, 3.63) is 11.8 Å². The molecule has 0 aromatic heterocycles. The van der Waals surface area contributed by atoms with Gasteiger partial charge >= 0.3 is 11.9 Å². The first kappa shape index (κ1) is 25.1. The molecule has 0 aromatic carbocycles. The second kappa shape index (κ2) is 7.97. The summed E-state index contributed by atoms with van der Waals surface area (Å²) in [7, 11) is 0. The minimum atomic E-state index is -0.802. The molecule has 1 heterocycles. The average molecular weight is 489 g/mol. The van der Waals surface area contributed by atoms with Gasteiger partial charge in [-0.3, -0.25) is 9.59 Å². The molecule has 0 amide bonds. The van der Waals surface area contributed by atoms with Gasteiger partial charge in [0.2, 0.25) is 0 Å². The zero-order valence-electron chi connectivity index (χ0n) is 22.6. The van der Waals surface area contributed by atoms with Crippen molar-refractivity contribution in [3.8, 4) is 0 Å². The molecule has 5 aliphatic rings.